The minimum atomic E-state index is -4.45. The molecule has 2 N–H and O–H groups in total. The summed E-state index contributed by atoms with van der Waals surface area (Å²) in [5, 5.41) is 11.7. The number of nitrogens with zero attached hydrogens (tertiary/aromatic N) is 1. The molecule has 0 bridgehead atoms. The Morgan fingerprint density at radius 1 is 1.41 bits per heavy atom. The van der Waals surface area contributed by atoms with Crippen molar-refractivity contribution in [1.29, 1.82) is 0 Å². The summed E-state index contributed by atoms with van der Waals surface area (Å²) in [5.74, 6) is -0.240. The summed E-state index contributed by atoms with van der Waals surface area (Å²) in [5.41, 5.74) is -0.820. The molecule has 0 spiro atoms. The molecule has 0 saturated carbocycles. The summed E-state index contributed by atoms with van der Waals surface area (Å²) in [6.07, 6.45) is -3.17. The van der Waals surface area contributed by atoms with Crippen LogP contribution in [-0.2, 0) is 6.18 Å². The maximum atomic E-state index is 12.7. The van der Waals surface area contributed by atoms with E-state index in [0.717, 1.165) is 6.07 Å². The molecule has 1 unspecified atom stereocenters. The van der Waals surface area contributed by atoms with Crippen LogP contribution in [0.3, 0.4) is 0 Å². The van der Waals surface area contributed by atoms with Gasteiger partial charge in [-0.15, -0.1) is 0 Å². The monoisotopic (exact) mass is 248 g/mol. The lowest BCUT2D eigenvalue weighted by Crippen LogP contribution is -2.31. The van der Waals surface area contributed by atoms with Gasteiger partial charge in [0.1, 0.15) is 5.82 Å². The average molecular weight is 248 g/mol. The fourth-order valence-electron chi connectivity index (χ4n) is 1.35. The van der Waals surface area contributed by atoms with Crippen molar-refractivity contribution in [3.8, 4) is 0 Å². The minimum absolute atomic E-state index is 0.00286. The Kier molecular flexibility index (Phi) is 4.34. The van der Waals surface area contributed by atoms with Crippen molar-refractivity contribution in [2.75, 3.05) is 11.9 Å². The number of pyridine rings is 1. The first-order valence-corrected chi connectivity index (χ1v) is 5.26. The van der Waals surface area contributed by atoms with Crippen molar-refractivity contribution in [3.05, 3.63) is 23.9 Å². The molecular weight excluding hydrogens is 233 g/mol. The second kappa shape index (κ2) is 5.35. The molecule has 0 aliphatic carbocycles. The second-order valence-corrected chi connectivity index (χ2v) is 4.07. The Morgan fingerprint density at radius 3 is 2.53 bits per heavy atom. The first kappa shape index (κ1) is 13.8. The smallest absolute Gasteiger partial charge is 0.394 e. The summed E-state index contributed by atoms with van der Waals surface area (Å²) in [7, 11) is 0. The number of nitrogens with one attached hydrogen (secondary N) is 1. The largest absolute Gasteiger partial charge is 0.419 e. The number of anilines is 1. The predicted molar refractivity (Wildman–Crippen MR) is 58.6 cm³/mol. The van der Waals surface area contributed by atoms with E-state index >= 15 is 0 Å². The van der Waals surface area contributed by atoms with Crippen LogP contribution in [0.25, 0.3) is 0 Å². The van der Waals surface area contributed by atoms with Crippen LogP contribution in [0.4, 0.5) is 19.0 Å². The Balaban J connectivity index is 2.98. The van der Waals surface area contributed by atoms with E-state index in [1.165, 1.54) is 12.3 Å². The van der Waals surface area contributed by atoms with Gasteiger partial charge in [0, 0.05) is 6.20 Å². The van der Waals surface area contributed by atoms with Crippen LogP contribution >= 0.6 is 0 Å². The number of rotatable bonds is 4. The Hall–Kier alpha value is -1.30. The zero-order chi connectivity index (χ0) is 13.1. The highest BCUT2D eigenvalue weighted by Gasteiger charge is 2.34. The molecule has 0 radical (unpaired) electrons. The lowest BCUT2D eigenvalue weighted by Gasteiger charge is -2.22. The second-order valence-electron chi connectivity index (χ2n) is 4.07. The molecule has 96 valence electrons. The molecule has 0 aliphatic rings. The van der Waals surface area contributed by atoms with Gasteiger partial charge in [-0.25, -0.2) is 4.98 Å². The van der Waals surface area contributed by atoms with Crippen LogP contribution < -0.4 is 5.32 Å². The third-order valence-corrected chi connectivity index (χ3v) is 2.44. The standard InChI is InChI=1S/C11H15F3N2O/c1-7(2)9(6-17)16-10-8(11(12,13)14)4-3-5-15-10/h3-5,7,9,17H,6H2,1-2H3,(H,15,16). The average Bonchev–Trinajstić information content (AvgIpc) is 2.24. The molecule has 6 heteroatoms. The molecule has 0 amide bonds. The van der Waals surface area contributed by atoms with Gasteiger partial charge in [-0.1, -0.05) is 13.8 Å². The van der Waals surface area contributed by atoms with Crippen LogP contribution in [0, 0.1) is 5.92 Å². The van der Waals surface area contributed by atoms with Crippen molar-refractivity contribution < 1.29 is 18.3 Å². The molecule has 1 atom stereocenters. The van der Waals surface area contributed by atoms with Crippen molar-refractivity contribution >= 4 is 5.82 Å². The predicted octanol–water partition coefficient (Wildman–Crippen LogP) is 2.53. The van der Waals surface area contributed by atoms with Gasteiger partial charge in [-0.3, -0.25) is 0 Å². The zero-order valence-corrected chi connectivity index (χ0v) is 9.62. The first-order chi connectivity index (χ1) is 7.86. The van der Waals surface area contributed by atoms with Crippen LogP contribution in [0.2, 0.25) is 0 Å². The van der Waals surface area contributed by atoms with Crippen molar-refractivity contribution in [2.24, 2.45) is 5.92 Å². The van der Waals surface area contributed by atoms with Gasteiger partial charge < -0.3 is 10.4 Å². The topological polar surface area (TPSA) is 45.1 Å². The van der Waals surface area contributed by atoms with Crippen molar-refractivity contribution in [1.82, 2.24) is 4.98 Å². The van der Waals surface area contributed by atoms with E-state index in [1.54, 1.807) is 0 Å². The highest BCUT2D eigenvalue weighted by molar-refractivity contribution is 5.46. The van der Waals surface area contributed by atoms with E-state index in [-0.39, 0.29) is 18.3 Å². The molecule has 0 aromatic carbocycles. The van der Waals surface area contributed by atoms with Crippen LogP contribution in [0.1, 0.15) is 19.4 Å². The molecule has 1 aromatic rings. The molecule has 1 aromatic heterocycles. The molecular formula is C11H15F3N2O. The first-order valence-electron chi connectivity index (χ1n) is 5.26. The Labute approximate surface area is 97.7 Å². The van der Waals surface area contributed by atoms with E-state index in [0.29, 0.717) is 0 Å². The third-order valence-electron chi connectivity index (χ3n) is 2.44. The van der Waals surface area contributed by atoms with E-state index in [9.17, 15) is 13.2 Å². The lowest BCUT2D eigenvalue weighted by molar-refractivity contribution is -0.137. The van der Waals surface area contributed by atoms with E-state index in [1.807, 2.05) is 13.8 Å². The van der Waals surface area contributed by atoms with Crippen molar-refractivity contribution in [3.63, 3.8) is 0 Å². The summed E-state index contributed by atoms with van der Waals surface area (Å²) < 4.78 is 38.0. The molecule has 1 rings (SSSR count). The fourth-order valence-corrected chi connectivity index (χ4v) is 1.35. The lowest BCUT2D eigenvalue weighted by atomic mass is 10.1. The summed E-state index contributed by atoms with van der Waals surface area (Å²) >= 11 is 0. The molecule has 0 fully saturated rings. The van der Waals surface area contributed by atoms with Crippen molar-refractivity contribution in [2.45, 2.75) is 26.1 Å². The fraction of sp³-hybridized carbons (Fsp3) is 0.545. The van der Waals surface area contributed by atoms with Gasteiger partial charge in [-0.2, -0.15) is 13.2 Å². The Bertz CT molecular complexity index is 366. The number of halogens is 3. The SMILES string of the molecule is CC(C)C(CO)Nc1ncccc1C(F)(F)F. The molecule has 17 heavy (non-hydrogen) atoms. The number of aromatic nitrogens is 1. The van der Waals surface area contributed by atoms with Gasteiger partial charge in [0.05, 0.1) is 18.2 Å². The quantitative estimate of drug-likeness (QED) is 0.860. The van der Waals surface area contributed by atoms with E-state index in [4.69, 9.17) is 5.11 Å². The molecule has 0 saturated heterocycles. The number of aliphatic hydroxyl groups is 1. The summed E-state index contributed by atoms with van der Waals surface area (Å²) in [6.45, 7) is 3.37. The molecule has 1 heterocycles. The normalized spacial score (nSPS) is 13.8. The molecule has 0 aliphatic heterocycles. The minimum Gasteiger partial charge on any atom is -0.394 e. The summed E-state index contributed by atoms with van der Waals surface area (Å²) in [4.78, 5) is 3.67. The highest BCUT2D eigenvalue weighted by Crippen LogP contribution is 2.33. The van der Waals surface area contributed by atoms with Gasteiger partial charge in [0.2, 0.25) is 0 Å². The number of aliphatic hydroxyl groups excluding tert-OH is 1. The highest BCUT2D eigenvalue weighted by atomic mass is 19.4. The number of alkyl halides is 3. The van der Waals surface area contributed by atoms with Crippen LogP contribution in [0.15, 0.2) is 18.3 Å². The number of hydrogen-bond acceptors (Lipinski definition) is 3. The van der Waals surface area contributed by atoms with Gasteiger partial charge >= 0.3 is 6.18 Å². The zero-order valence-electron chi connectivity index (χ0n) is 9.62. The Morgan fingerprint density at radius 2 is 2.06 bits per heavy atom. The third kappa shape index (κ3) is 3.59. The summed E-state index contributed by atoms with van der Waals surface area (Å²) in [6, 6.07) is 1.74. The molecule has 3 nitrogen and oxygen atoms in total. The maximum Gasteiger partial charge on any atom is 0.419 e. The van der Waals surface area contributed by atoms with Gasteiger partial charge in [-0.05, 0) is 18.1 Å². The van der Waals surface area contributed by atoms with Gasteiger partial charge in [0.15, 0.2) is 0 Å². The number of hydrogen-bond donors (Lipinski definition) is 2. The van der Waals surface area contributed by atoms with Crippen LogP contribution in [0.5, 0.6) is 0 Å². The maximum absolute atomic E-state index is 12.7. The van der Waals surface area contributed by atoms with Gasteiger partial charge in [0.25, 0.3) is 0 Å². The van der Waals surface area contributed by atoms with E-state index < -0.39 is 17.8 Å². The van der Waals surface area contributed by atoms with Crippen LogP contribution in [-0.4, -0.2) is 22.7 Å². The van der Waals surface area contributed by atoms with E-state index in [2.05, 4.69) is 10.3 Å².